The van der Waals surface area contributed by atoms with Crippen LogP contribution in [-0.4, -0.2) is 16.1 Å². The first-order chi connectivity index (χ1) is 8.08. The van der Waals surface area contributed by atoms with Crippen molar-refractivity contribution in [3.8, 4) is 0 Å². The van der Waals surface area contributed by atoms with Crippen LogP contribution >= 0.6 is 11.6 Å². The molecule has 0 unspecified atom stereocenters. The number of carbonyl (C=O) groups excluding carboxylic acids is 1. The van der Waals surface area contributed by atoms with Gasteiger partial charge in [-0.2, -0.15) is 5.10 Å². The minimum absolute atomic E-state index is 0.278. The Balaban J connectivity index is 2.17. The Morgan fingerprint density at radius 1 is 1.41 bits per heavy atom. The molecular weight excluding hydrogens is 240 g/mol. The van der Waals surface area contributed by atoms with E-state index in [0.29, 0.717) is 22.1 Å². The summed E-state index contributed by atoms with van der Waals surface area (Å²) in [6.07, 6.45) is 0. The number of aryl methyl sites for hydroxylation is 1. The average Bonchev–Trinajstić information content (AvgIpc) is 2.62. The van der Waals surface area contributed by atoms with E-state index >= 15 is 0 Å². The lowest BCUT2D eigenvalue weighted by Gasteiger charge is -2.03. The van der Waals surface area contributed by atoms with Crippen LogP contribution in [0.4, 0.5) is 11.5 Å². The molecule has 88 valence electrons. The van der Waals surface area contributed by atoms with Crippen LogP contribution in [0, 0.1) is 6.92 Å². The largest absolute Gasteiger partial charge is 0.394 e. The SMILES string of the molecule is Cc1[nH]nc(NC(=O)c2ccc(Cl)cc2)c1N. The summed E-state index contributed by atoms with van der Waals surface area (Å²) in [5.74, 6) is 0.0577. The zero-order chi connectivity index (χ0) is 12.4. The van der Waals surface area contributed by atoms with Crippen LogP contribution < -0.4 is 11.1 Å². The number of rotatable bonds is 2. The number of anilines is 2. The lowest BCUT2D eigenvalue weighted by molar-refractivity contribution is 0.102. The molecule has 0 radical (unpaired) electrons. The van der Waals surface area contributed by atoms with E-state index in [0.717, 1.165) is 5.69 Å². The quantitative estimate of drug-likeness (QED) is 0.764. The third-order valence-corrected chi connectivity index (χ3v) is 2.58. The highest BCUT2D eigenvalue weighted by Crippen LogP contribution is 2.19. The second-order valence-corrected chi connectivity index (χ2v) is 4.01. The van der Waals surface area contributed by atoms with Gasteiger partial charge in [-0.3, -0.25) is 9.89 Å². The van der Waals surface area contributed by atoms with Crippen LogP contribution in [0.1, 0.15) is 16.1 Å². The van der Waals surface area contributed by atoms with Gasteiger partial charge in [0.2, 0.25) is 0 Å². The van der Waals surface area contributed by atoms with Crippen molar-refractivity contribution in [3.05, 3.63) is 40.5 Å². The molecule has 1 aromatic carbocycles. The van der Waals surface area contributed by atoms with E-state index in [1.165, 1.54) is 0 Å². The summed E-state index contributed by atoms with van der Waals surface area (Å²) < 4.78 is 0. The number of H-pyrrole nitrogens is 1. The molecule has 17 heavy (non-hydrogen) atoms. The molecule has 0 saturated heterocycles. The van der Waals surface area contributed by atoms with E-state index in [1.54, 1.807) is 31.2 Å². The Hall–Kier alpha value is -2.01. The topological polar surface area (TPSA) is 83.8 Å². The maximum atomic E-state index is 11.8. The van der Waals surface area contributed by atoms with E-state index < -0.39 is 0 Å². The molecule has 0 bridgehead atoms. The molecule has 2 aromatic rings. The molecule has 1 amide bonds. The Bertz CT molecular complexity index is 547. The Kier molecular flexibility index (Phi) is 3.01. The first kappa shape index (κ1) is 11.5. The fourth-order valence-corrected chi connectivity index (χ4v) is 1.44. The second-order valence-electron chi connectivity index (χ2n) is 3.57. The summed E-state index contributed by atoms with van der Waals surface area (Å²) >= 11 is 5.74. The third kappa shape index (κ3) is 2.39. The van der Waals surface area contributed by atoms with Gasteiger partial charge in [0.25, 0.3) is 5.91 Å². The first-order valence-corrected chi connectivity index (χ1v) is 5.33. The van der Waals surface area contributed by atoms with E-state index in [1.807, 2.05) is 0 Å². The highest BCUT2D eigenvalue weighted by atomic mass is 35.5. The minimum Gasteiger partial charge on any atom is -0.394 e. The van der Waals surface area contributed by atoms with Gasteiger partial charge in [-0.15, -0.1) is 0 Å². The number of hydrogen-bond acceptors (Lipinski definition) is 3. The molecule has 5 nitrogen and oxygen atoms in total. The van der Waals surface area contributed by atoms with Gasteiger partial charge < -0.3 is 11.1 Å². The predicted octanol–water partition coefficient (Wildman–Crippen LogP) is 2.21. The van der Waals surface area contributed by atoms with Gasteiger partial charge in [-0.05, 0) is 31.2 Å². The first-order valence-electron chi connectivity index (χ1n) is 4.95. The highest BCUT2D eigenvalue weighted by molar-refractivity contribution is 6.30. The van der Waals surface area contributed by atoms with Crippen LogP contribution in [0.3, 0.4) is 0 Å². The number of aromatic amines is 1. The number of nitrogens with two attached hydrogens (primary N) is 1. The van der Waals surface area contributed by atoms with Gasteiger partial charge >= 0.3 is 0 Å². The highest BCUT2D eigenvalue weighted by Gasteiger charge is 2.11. The summed E-state index contributed by atoms with van der Waals surface area (Å²) in [5, 5.41) is 9.78. The van der Waals surface area contributed by atoms with Crippen LogP contribution in [-0.2, 0) is 0 Å². The number of nitrogen functional groups attached to an aromatic ring is 1. The molecule has 0 atom stereocenters. The van der Waals surface area contributed by atoms with Crippen molar-refractivity contribution in [1.29, 1.82) is 0 Å². The van der Waals surface area contributed by atoms with E-state index in [-0.39, 0.29) is 5.91 Å². The monoisotopic (exact) mass is 250 g/mol. The molecule has 0 aliphatic rings. The van der Waals surface area contributed by atoms with E-state index in [4.69, 9.17) is 17.3 Å². The van der Waals surface area contributed by atoms with E-state index in [9.17, 15) is 4.79 Å². The van der Waals surface area contributed by atoms with Crippen LogP contribution in [0.25, 0.3) is 0 Å². The van der Waals surface area contributed by atoms with Crippen LogP contribution in [0.5, 0.6) is 0 Å². The van der Waals surface area contributed by atoms with Crippen molar-refractivity contribution < 1.29 is 4.79 Å². The van der Waals surface area contributed by atoms with E-state index in [2.05, 4.69) is 15.5 Å². The Labute approximate surface area is 103 Å². The Morgan fingerprint density at radius 2 is 2.06 bits per heavy atom. The molecule has 0 aliphatic carbocycles. The predicted molar refractivity (Wildman–Crippen MR) is 67.1 cm³/mol. The zero-order valence-corrected chi connectivity index (χ0v) is 9.88. The molecular formula is C11H11ClN4O. The van der Waals surface area contributed by atoms with Crippen molar-refractivity contribution in [3.63, 3.8) is 0 Å². The van der Waals surface area contributed by atoms with Gasteiger partial charge in [-0.25, -0.2) is 0 Å². The summed E-state index contributed by atoms with van der Waals surface area (Å²) in [6.45, 7) is 1.78. The number of hydrogen-bond donors (Lipinski definition) is 3. The fraction of sp³-hybridized carbons (Fsp3) is 0.0909. The summed E-state index contributed by atoms with van der Waals surface area (Å²) in [5.41, 5.74) is 7.37. The van der Waals surface area contributed by atoms with Gasteiger partial charge in [0.05, 0.1) is 11.4 Å². The van der Waals surface area contributed by atoms with Crippen LogP contribution in [0.2, 0.25) is 5.02 Å². The maximum Gasteiger partial charge on any atom is 0.256 e. The van der Waals surface area contributed by atoms with Gasteiger partial charge in [-0.1, -0.05) is 11.6 Å². The molecule has 1 aromatic heterocycles. The van der Waals surface area contributed by atoms with Gasteiger partial charge in [0.1, 0.15) is 0 Å². The molecule has 6 heteroatoms. The van der Waals surface area contributed by atoms with Gasteiger partial charge in [0, 0.05) is 10.6 Å². The number of amides is 1. The maximum absolute atomic E-state index is 11.8. The number of aromatic nitrogens is 2. The number of nitrogens with zero attached hydrogens (tertiary/aromatic N) is 1. The normalized spacial score (nSPS) is 10.2. The third-order valence-electron chi connectivity index (χ3n) is 2.33. The lowest BCUT2D eigenvalue weighted by atomic mass is 10.2. The Morgan fingerprint density at radius 3 is 2.59 bits per heavy atom. The van der Waals surface area contributed by atoms with Crippen molar-refractivity contribution in [2.75, 3.05) is 11.1 Å². The molecule has 0 saturated carbocycles. The molecule has 0 spiro atoms. The van der Waals surface area contributed by atoms with Crippen molar-refractivity contribution in [2.45, 2.75) is 6.92 Å². The van der Waals surface area contributed by atoms with Crippen molar-refractivity contribution >= 4 is 29.0 Å². The second kappa shape index (κ2) is 4.47. The number of carbonyl (C=O) groups is 1. The average molecular weight is 251 g/mol. The summed E-state index contributed by atoms with van der Waals surface area (Å²) in [7, 11) is 0. The smallest absolute Gasteiger partial charge is 0.256 e. The lowest BCUT2D eigenvalue weighted by Crippen LogP contribution is -2.13. The summed E-state index contributed by atoms with van der Waals surface area (Å²) in [6, 6.07) is 6.56. The number of nitrogens with one attached hydrogen (secondary N) is 2. The number of halogens is 1. The minimum atomic E-state index is -0.278. The molecule has 4 N–H and O–H groups in total. The molecule has 0 aliphatic heterocycles. The molecule has 1 heterocycles. The number of benzene rings is 1. The van der Waals surface area contributed by atoms with Crippen LogP contribution in [0.15, 0.2) is 24.3 Å². The molecule has 2 rings (SSSR count). The van der Waals surface area contributed by atoms with Crippen molar-refractivity contribution in [2.24, 2.45) is 0 Å². The van der Waals surface area contributed by atoms with Gasteiger partial charge in [0.15, 0.2) is 5.82 Å². The molecule has 0 fully saturated rings. The van der Waals surface area contributed by atoms with Crippen molar-refractivity contribution in [1.82, 2.24) is 10.2 Å². The summed E-state index contributed by atoms with van der Waals surface area (Å²) in [4.78, 5) is 11.8. The zero-order valence-electron chi connectivity index (χ0n) is 9.12. The fourth-order valence-electron chi connectivity index (χ4n) is 1.31. The standard InChI is InChI=1S/C11H11ClN4O/c1-6-9(13)10(16-15-6)14-11(17)7-2-4-8(12)5-3-7/h2-5H,13H2,1H3,(H2,14,15,16,17).